The molecular formula is C25H19ClFN3O. The van der Waals surface area contributed by atoms with E-state index in [9.17, 15) is 9.18 Å². The van der Waals surface area contributed by atoms with Crippen molar-refractivity contribution >= 4 is 35.0 Å². The second-order valence-corrected chi connectivity index (χ2v) is 7.29. The van der Waals surface area contributed by atoms with Crippen LogP contribution in [0.3, 0.4) is 0 Å². The smallest absolute Gasteiger partial charge is 0.257 e. The van der Waals surface area contributed by atoms with Crippen molar-refractivity contribution < 1.29 is 9.18 Å². The highest BCUT2D eigenvalue weighted by Crippen LogP contribution is 2.22. The van der Waals surface area contributed by atoms with Crippen LogP contribution in [0.25, 0.3) is 11.6 Å². The number of carbonyl (C=O) groups excluding carboxylic acids is 1. The van der Waals surface area contributed by atoms with Crippen molar-refractivity contribution in [2.24, 2.45) is 0 Å². The van der Waals surface area contributed by atoms with E-state index in [1.807, 2.05) is 66.7 Å². The van der Waals surface area contributed by atoms with Gasteiger partial charge in [-0.3, -0.25) is 9.48 Å². The molecule has 1 heterocycles. The Bertz CT molecular complexity index is 1200. The van der Waals surface area contributed by atoms with Gasteiger partial charge in [0, 0.05) is 28.4 Å². The van der Waals surface area contributed by atoms with Gasteiger partial charge in [-0.25, -0.2) is 4.39 Å². The standard InChI is InChI=1S/C25H19ClFN3O/c26-22-12-7-13-23(27)21(22)17-30-15-14-24(29-30)28-25(31)20(19-10-5-2-6-11-19)16-18-8-3-1-4-9-18/h1-16H,17H2,(H,28,29,31)/b20-16-. The molecule has 1 N–H and O–H groups in total. The topological polar surface area (TPSA) is 46.9 Å². The number of hydrogen-bond acceptors (Lipinski definition) is 2. The van der Waals surface area contributed by atoms with Gasteiger partial charge in [0.25, 0.3) is 5.91 Å². The summed E-state index contributed by atoms with van der Waals surface area (Å²) in [6.07, 6.45) is 3.50. The van der Waals surface area contributed by atoms with E-state index >= 15 is 0 Å². The molecule has 0 radical (unpaired) electrons. The molecule has 0 atom stereocenters. The van der Waals surface area contributed by atoms with Crippen LogP contribution < -0.4 is 5.32 Å². The number of benzene rings is 3. The second kappa shape index (κ2) is 9.41. The first-order valence-electron chi connectivity index (χ1n) is 9.70. The lowest BCUT2D eigenvalue weighted by molar-refractivity contribution is -0.111. The zero-order valence-electron chi connectivity index (χ0n) is 16.5. The maximum absolute atomic E-state index is 14.1. The quantitative estimate of drug-likeness (QED) is 0.305. The molecule has 154 valence electrons. The van der Waals surface area contributed by atoms with E-state index in [1.54, 1.807) is 24.4 Å². The molecule has 0 aliphatic rings. The molecule has 4 nitrogen and oxygen atoms in total. The van der Waals surface area contributed by atoms with Crippen LogP contribution in [-0.2, 0) is 11.3 Å². The minimum absolute atomic E-state index is 0.159. The number of amides is 1. The van der Waals surface area contributed by atoms with E-state index in [0.717, 1.165) is 11.1 Å². The molecule has 0 fully saturated rings. The van der Waals surface area contributed by atoms with Crippen molar-refractivity contribution in [3.8, 4) is 0 Å². The van der Waals surface area contributed by atoms with E-state index in [2.05, 4.69) is 10.4 Å². The van der Waals surface area contributed by atoms with Crippen molar-refractivity contribution in [3.63, 3.8) is 0 Å². The summed E-state index contributed by atoms with van der Waals surface area (Å²) < 4.78 is 15.6. The predicted octanol–water partition coefficient (Wildman–Crippen LogP) is 5.90. The predicted molar refractivity (Wildman–Crippen MR) is 122 cm³/mol. The van der Waals surface area contributed by atoms with Gasteiger partial charge >= 0.3 is 0 Å². The van der Waals surface area contributed by atoms with Crippen molar-refractivity contribution in [2.45, 2.75) is 6.54 Å². The zero-order chi connectivity index (χ0) is 21.6. The normalized spacial score (nSPS) is 11.4. The summed E-state index contributed by atoms with van der Waals surface area (Å²) in [5.74, 6) is -0.317. The molecule has 31 heavy (non-hydrogen) atoms. The summed E-state index contributed by atoms with van der Waals surface area (Å²) in [4.78, 5) is 13.1. The van der Waals surface area contributed by atoms with Gasteiger partial charge in [0.1, 0.15) is 5.82 Å². The van der Waals surface area contributed by atoms with Crippen LogP contribution >= 0.6 is 11.6 Å². The fourth-order valence-electron chi connectivity index (χ4n) is 3.16. The summed E-state index contributed by atoms with van der Waals surface area (Å²) in [6.45, 7) is 0.159. The van der Waals surface area contributed by atoms with Crippen LogP contribution in [0.5, 0.6) is 0 Å². The van der Waals surface area contributed by atoms with Crippen LogP contribution in [0.15, 0.2) is 91.1 Å². The van der Waals surface area contributed by atoms with Crippen molar-refractivity contribution in [3.05, 3.63) is 119 Å². The maximum Gasteiger partial charge on any atom is 0.257 e. The molecule has 0 bridgehead atoms. The van der Waals surface area contributed by atoms with Crippen LogP contribution in [-0.4, -0.2) is 15.7 Å². The number of nitrogens with one attached hydrogen (secondary N) is 1. The van der Waals surface area contributed by atoms with E-state index < -0.39 is 5.82 Å². The summed E-state index contributed by atoms with van der Waals surface area (Å²) in [6, 6.07) is 25.3. The Morgan fingerprint density at radius 3 is 2.39 bits per heavy atom. The van der Waals surface area contributed by atoms with Gasteiger partial charge in [0.05, 0.1) is 6.54 Å². The summed E-state index contributed by atoms with van der Waals surface area (Å²) in [5.41, 5.74) is 2.57. The maximum atomic E-state index is 14.1. The van der Waals surface area contributed by atoms with Crippen LogP contribution in [0.1, 0.15) is 16.7 Å². The number of anilines is 1. The Hall–Kier alpha value is -3.70. The summed E-state index contributed by atoms with van der Waals surface area (Å²) in [7, 11) is 0. The highest BCUT2D eigenvalue weighted by atomic mass is 35.5. The van der Waals surface area contributed by atoms with E-state index in [-0.39, 0.29) is 12.5 Å². The fraction of sp³-hybridized carbons (Fsp3) is 0.0400. The van der Waals surface area contributed by atoms with Gasteiger partial charge in [-0.2, -0.15) is 5.10 Å². The lowest BCUT2D eigenvalue weighted by Gasteiger charge is -2.09. The molecule has 0 aliphatic carbocycles. The van der Waals surface area contributed by atoms with Gasteiger partial charge in [-0.15, -0.1) is 0 Å². The fourth-order valence-corrected chi connectivity index (χ4v) is 3.38. The molecule has 6 heteroatoms. The van der Waals surface area contributed by atoms with Crippen LogP contribution in [0.2, 0.25) is 5.02 Å². The molecule has 3 aromatic carbocycles. The molecule has 0 unspecified atom stereocenters. The average Bonchev–Trinajstić information content (AvgIpc) is 3.23. The van der Waals surface area contributed by atoms with Crippen molar-refractivity contribution in [1.29, 1.82) is 0 Å². The lowest BCUT2D eigenvalue weighted by atomic mass is 10.0. The molecule has 0 saturated carbocycles. The molecule has 0 saturated heterocycles. The van der Waals surface area contributed by atoms with Crippen molar-refractivity contribution in [1.82, 2.24) is 9.78 Å². The third-order valence-electron chi connectivity index (χ3n) is 4.70. The minimum atomic E-state index is -0.397. The number of rotatable bonds is 6. The third kappa shape index (κ3) is 5.08. The first kappa shape index (κ1) is 20.6. The Morgan fingerprint density at radius 2 is 1.68 bits per heavy atom. The molecule has 0 aliphatic heterocycles. The lowest BCUT2D eigenvalue weighted by Crippen LogP contribution is -2.14. The highest BCUT2D eigenvalue weighted by molar-refractivity contribution is 6.31. The number of carbonyl (C=O) groups is 1. The number of halogens is 2. The van der Waals surface area contributed by atoms with E-state index in [4.69, 9.17) is 11.6 Å². The van der Waals surface area contributed by atoms with Gasteiger partial charge in [-0.1, -0.05) is 78.3 Å². The largest absolute Gasteiger partial charge is 0.305 e. The zero-order valence-corrected chi connectivity index (χ0v) is 17.3. The molecular weight excluding hydrogens is 413 g/mol. The van der Waals surface area contributed by atoms with E-state index in [0.29, 0.717) is 22.0 Å². The van der Waals surface area contributed by atoms with E-state index in [1.165, 1.54) is 10.7 Å². The Labute approximate surface area is 184 Å². The Balaban J connectivity index is 1.56. The second-order valence-electron chi connectivity index (χ2n) is 6.89. The average molecular weight is 432 g/mol. The SMILES string of the molecule is O=C(Nc1ccn(Cc2c(F)cccc2Cl)n1)/C(=C\c1ccccc1)c1ccccc1. The van der Waals surface area contributed by atoms with Gasteiger partial charge in [0.15, 0.2) is 5.82 Å². The molecule has 1 amide bonds. The van der Waals surface area contributed by atoms with Crippen LogP contribution in [0, 0.1) is 5.82 Å². The molecule has 4 aromatic rings. The number of aromatic nitrogens is 2. The summed E-state index contributed by atoms with van der Waals surface area (Å²) in [5, 5.41) is 7.50. The first-order chi connectivity index (χ1) is 15.1. The third-order valence-corrected chi connectivity index (χ3v) is 5.06. The molecule has 0 spiro atoms. The van der Waals surface area contributed by atoms with Gasteiger partial charge in [0.2, 0.25) is 0 Å². The Morgan fingerprint density at radius 1 is 0.968 bits per heavy atom. The first-order valence-corrected chi connectivity index (χ1v) is 10.1. The Kier molecular flexibility index (Phi) is 6.24. The number of hydrogen-bond donors (Lipinski definition) is 1. The highest BCUT2D eigenvalue weighted by Gasteiger charge is 2.14. The molecule has 1 aromatic heterocycles. The summed E-state index contributed by atoms with van der Waals surface area (Å²) >= 11 is 6.10. The van der Waals surface area contributed by atoms with Crippen LogP contribution in [0.4, 0.5) is 10.2 Å². The van der Waals surface area contributed by atoms with Crippen molar-refractivity contribution in [2.75, 3.05) is 5.32 Å². The van der Waals surface area contributed by atoms with Gasteiger partial charge < -0.3 is 5.32 Å². The van der Waals surface area contributed by atoms with Gasteiger partial charge in [-0.05, 0) is 29.3 Å². The monoisotopic (exact) mass is 431 g/mol. The molecule has 4 rings (SSSR count). The number of nitrogens with zero attached hydrogens (tertiary/aromatic N) is 2. The minimum Gasteiger partial charge on any atom is -0.305 e.